The van der Waals surface area contributed by atoms with Crippen LogP contribution < -0.4 is 0 Å². The van der Waals surface area contributed by atoms with Crippen LogP contribution in [-0.4, -0.2) is 21.1 Å². The Labute approximate surface area is 131 Å². The Bertz CT molecular complexity index is 728. The Morgan fingerprint density at radius 1 is 1.17 bits per heavy atom. The minimum atomic E-state index is -4.57. The molecule has 2 rings (SSSR count). The SMILES string of the molecule is Cc1cn(-c2cc(C(=O)OC(C)(C)C)cc(C(F)(F)F)c2)cn1. The predicted octanol–water partition coefficient (Wildman–Crippen LogP) is 4.15. The van der Waals surface area contributed by atoms with Crippen molar-refractivity contribution in [1.29, 1.82) is 0 Å². The summed E-state index contributed by atoms with van der Waals surface area (Å²) in [7, 11) is 0. The molecule has 0 bridgehead atoms. The van der Waals surface area contributed by atoms with Crippen LogP contribution in [0.1, 0.15) is 42.4 Å². The largest absolute Gasteiger partial charge is 0.456 e. The molecule has 2 aromatic rings. The number of carbonyl (C=O) groups excluding carboxylic acids is 1. The molecule has 1 aromatic carbocycles. The number of alkyl halides is 3. The van der Waals surface area contributed by atoms with Crippen molar-refractivity contribution in [3.63, 3.8) is 0 Å². The standard InChI is InChI=1S/C16H17F3N2O2/c1-10-8-21(9-20-10)13-6-11(14(22)23-15(2,3)4)5-12(7-13)16(17,18)19/h5-9H,1-4H3. The number of rotatable bonds is 2. The fraction of sp³-hybridized carbons (Fsp3) is 0.375. The number of ether oxygens (including phenoxy) is 1. The molecule has 1 aromatic heterocycles. The summed E-state index contributed by atoms with van der Waals surface area (Å²) < 4.78 is 45.9. The Balaban J connectivity index is 2.52. The lowest BCUT2D eigenvalue weighted by atomic mass is 10.1. The van der Waals surface area contributed by atoms with Gasteiger partial charge in [-0.1, -0.05) is 0 Å². The lowest BCUT2D eigenvalue weighted by Gasteiger charge is -2.20. The van der Waals surface area contributed by atoms with E-state index >= 15 is 0 Å². The van der Waals surface area contributed by atoms with E-state index in [0.717, 1.165) is 12.1 Å². The van der Waals surface area contributed by atoms with Gasteiger partial charge in [0.15, 0.2) is 0 Å². The van der Waals surface area contributed by atoms with E-state index in [0.29, 0.717) is 5.69 Å². The van der Waals surface area contributed by atoms with E-state index in [-0.39, 0.29) is 11.3 Å². The van der Waals surface area contributed by atoms with Crippen molar-refractivity contribution in [2.75, 3.05) is 0 Å². The first-order valence-electron chi connectivity index (χ1n) is 6.92. The van der Waals surface area contributed by atoms with Crippen LogP contribution in [0.3, 0.4) is 0 Å². The second-order valence-electron chi connectivity index (χ2n) is 6.19. The molecule has 0 aliphatic heterocycles. The van der Waals surface area contributed by atoms with E-state index in [1.807, 2.05) is 0 Å². The average Bonchev–Trinajstić information content (AvgIpc) is 2.82. The minimum Gasteiger partial charge on any atom is -0.456 e. The summed E-state index contributed by atoms with van der Waals surface area (Å²) in [6.07, 6.45) is -1.60. The Kier molecular flexibility index (Phi) is 4.24. The van der Waals surface area contributed by atoms with E-state index in [2.05, 4.69) is 4.98 Å². The summed E-state index contributed by atoms with van der Waals surface area (Å²) in [6, 6.07) is 3.11. The van der Waals surface area contributed by atoms with Crippen LogP contribution in [-0.2, 0) is 10.9 Å². The molecular formula is C16H17F3N2O2. The quantitative estimate of drug-likeness (QED) is 0.779. The van der Waals surface area contributed by atoms with Gasteiger partial charge in [0.25, 0.3) is 0 Å². The third-order valence-electron chi connectivity index (χ3n) is 2.89. The molecule has 0 N–H and O–H groups in total. The Hall–Kier alpha value is -2.31. The number of carbonyl (C=O) groups is 1. The van der Waals surface area contributed by atoms with Crippen LogP contribution in [0.2, 0.25) is 0 Å². The Morgan fingerprint density at radius 3 is 2.30 bits per heavy atom. The van der Waals surface area contributed by atoms with Crippen LogP contribution in [0.5, 0.6) is 0 Å². The number of hydrogen-bond acceptors (Lipinski definition) is 3. The highest BCUT2D eigenvalue weighted by Crippen LogP contribution is 2.32. The van der Waals surface area contributed by atoms with E-state index < -0.39 is 23.3 Å². The van der Waals surface area contributed by atoms with Gasteiger partial charge >= 0.3 is 12.1 Å². The molecule has 0 unspecified atom stereocenters. The molecule has 1 heterocycles. The number of nitrogens with zero attached hydrogens (tertiary/aromatic N) is 2. The predicted molar refractivity (Wildman–Crippen MR) is 78.5 cm³/mol. The van der Waals surface area contributed by atoms with Crippen LogP contribution in [0.15, 0.2) is 30.7 Å². The lowest BCUT2D eigenvalue weighted by molar-refractivity contribution is -0.137. The van der Waals surface area contributed by atoms with Crippen LogP contribution in [0.25, 0.3) is 5.69 Å². The van der Waals surface area contributed by atoms with Gasteiger partial charge in [-0.25, -0.2) is 9.78 Å². The van der Waals surface area contributed by atoms with E-state index in [4.69, 9.17) is 4.74 Å². The third kappa shape index (κ3) is 4.34. The fourth-order valence-corrected chi connectivity index (χ4v) is 1.94. The number of esters is 1. The number of aromatic nitrogens is 2. The van der Waals surface area contributed by atoms with Crippen molar-refractivity contribution in [3.05, 3.63) is 47.5 Å². The van der Waals surface area contributed by atoms with Gasteiger partial charge in [0.2, 0.25) is 0 Å². The zero-order chi connectivity index (χ0) is 17.4. The smallest absolute Gasteiger partial charge is 0.416 e. The highest BCUT2D eigenvalue weighted by molar-refractivity contribution is 5.90. The summed E-state index contributed by atoms with van der Waals surface area (Å²) in [5.74, 6) is -0.804. The van der Waals surface area contributed by atoms with Gasteiger partial charge in [-0.05, 0) is 45.9 Å². The minimum absolute atomic E-state index is 0.156. The molecular weight excluding hydrogens is 309 g/mol. The highest BCUT2D eigenvalue weighted by Gasteiger charge is 2.32. The first-order chi connectivity index (χ1) is 10.5. The molecule has 7 heteroatoms. The van der Waals surface area contributed by atoms with E-state index in [9.17, 15) is 18.0 Å². The molecule has 0 atom stereocenters. The summed E-state index contributed by atoms with van der Waals surface area (Å²) in [4.78, 5) is 16.1. The normalized spacial score (nSPS) is 12.3. The van der Waals surface area contributed by atoms with Crippen LogP contribution in [0, 0.1) is 6.92 Å². The van der Waals surface area contributed by atoms with Crippen molar-refractivity contribution in [3.8, 4) is 5.69 Å². The van der Waals surface area contributed by atoms with E-state index in [1.165, 1.54) is 17.0 Å². The van der Waals surface area contributed by atoms with Gasteiger partial charge in [-0.15, -0.1) is 0 Å². The second-order valence-corrected chi connectivity index (χ2v) is 6.19. The molecule has 4 nitrogen and oxygen atoms in total. The fourth-order valence-electron chi connectivity index (χ4n) is 1.94. The van der Waals surface area contributed by atoms with Gasteiger partial charge in [-0.3, -0.25) is 0 Å². The summed E-state index contributed by atoms with van der Waals surface area (Å²) in [5.41, 5.74) is -1.02. The number of imidazole rings is 1. The van der Waals surface area contributed by atoms with Gasteiger partial charge in [0, 0.05) is 11.9 Å². The maximum Gasteiger partial charge on any atom is 0.416 e. The monoisotopic (exact) mass is 326 g/mol. The lowest BCUT2D eigenvalue weighted by Crippen LogP contribution is -2.24. The summed E-state index contributed by atoms with van der Waals surface area (Å²) in [6.45, 7) is 6.68. The molecule has 0 amide bonds. The molecule has 23 heavy (non-hydrogen) atoms. The number of hydrogen-bond donors (Lipinski definition) is 0. The zero-order valence-corrected chi connectivity index (χ0v) is 13.2. The molecule has 0 saturated carbocycles. The summed E-state index contributed by atoms with van der Waals surface area (Å²) in [5, 5.41) is 0. The maximum atomic E-state index is 13.1. The maximum absolute atomic E-state index is 13.1. The first-order valence-corrected chi connectivity index (χ1v) is 6.92. The zero-order valence-electron chi connectivity index (χ0n) is 13.2. The van der Waals surface area contributed by atoms with Crippen molar-refractivity contribution in [1.82, 2.24) is 9.55 Å². The highest BCUT2D eigenvalue weighted by atomic mass is 19.4. The van der Waals surface area contributed by atoms with Crippen molar-refractivity contribution in [2.45, 2.75) is 39.5 Å². The molecule has 0 saturated heterocycles. The second kappa shape index (κ2) is 5.72. The average molecular weight is 326 g/mol. The molecule has 0 fully saturated rings. The molecule has 0 aliphatic carbocycles. The van der Waals surface area contributed by atoms with Crippen LogP contribution in [0.4, 0.5) is 13.2 Å². The Morgan fingerprint density at radius 2 is 1.83 bits per heavy atom. The topological polar surface area (TPSA) is 44.1 Å². The molecule has 0 radical (unpaired) electrons. The molecule has 0 spiro atoms. The third-order valence-corrected chi connectivity index (χ3v) is 2.89. The van der Waals surface area contributed by atoms with Crippen LogP contribution >= 0.6 is 0 Å². The molecule has 0 aliphatic rings. The van der Waals surface area contributed by atoms with Gasteiger partial charge in [0.05, 0.1) is 23.1 Å². The number of benzene rings is 1. The first kappa shape index (κ1) is 17.1. The summed E-state index contributed by atoms with van der Waals surface area (Å²) >= 11 is 0. The number of aryl methyl sites for hydroxylation is 1. The van der Waals surface area contributed by atoms with Crippen molar-refractivity contribution < 1.29 is 22.7 Å². The molecule has 124 valence electrons. The van der Waals surface area contributed by atoms with E-state index in [1.54, 1.807) is 33.9 Å². The van der Waals surface area contributed by atoms with Gasteiger partial charge in [0.1, 0.15) is 5.60 Å². The number of halogens is 3. The van der Waals surface area contributed by atoms with Gasteiger partial charge < -0.3 is 9.30 Å². The van der Waals surface area contributed by atoms with Crippen molar-refractivity contribution >= 4 is 5.97 Å². The van der Waals surface area contributed by atoms with Gasteiger partial charge in [-0.2, -0.15) is 13.2 Å². The van der Waals surface area contributed by atoms with Crippen molar-refractivity contribution in [2.24, 2.45) is 0 Å².